The molecule has 0 unspecified atom stereocenters. The third-order valence-electron chi connectivity index (χ3n) is 0.826. The van der Waals surface area contributed by atoms with Gasteiger partial charge in [0.15, 0.2) is 0 Å². The van der Waals surface area contributed by atoms with Crippen LogP contribution in [0.5, 0.6) is 0 Å². The maximum Gasteiger partial charge on any atom is 0 e. The van der Waals surface area contributed by atoms with Crippen LogP contribution in [0.2, 0.25) is 0 Å². The molecule has 0 spiro atoms. The van der Waals surface area contributed by atoms with E-state index in [1.807, 2.05) is 0 Å². The van der Waals surface area contributed by atoms with Crippen LogP contribution in [-0.2, 0) is 98.1 Å². The number of rotatable bonds is 4. The first-order chi connectivity index (χ1) is 3.41. The SMILES string of the molecule is [CH2-]C[CH-]C[CH-]CC.[Y].[Y].[Y]. The van der Waals surface area contributed by atoms with Crippen molar-refractivity contribution in [1.82, 2.24) is 0 Å². The summed E-state index contributed by atoms with van der Waals surface area (Å²) in [6.07, 6.45) is 7.67. The maximum atomic E-state index is 3.68. The van der Waals surface area contributed by atoms with Crippen LogP contribution in [0.1, 0.15) is 26.2 Å². The third kappa shape index (κ3) is 22.5. The Bertz CT molecular complexity index is 28.0. The van der Waals surface area contributed by atoms with Gasteiger partial charge in [-0.3, -0.25) is 0 Å². The number of hydrogen-bond donors (Lipinski definition) is 0. The zero-order chi connectivity index (χ0) is 5.54. The first-order valence-electron chi connectivity index (χ1n) is 2.84. The summed E-state index contributed by atoms with van der Waals surface area (Å²) in [6.45, 7) is 5.83. The third-order valence-corrected chi connectivity index (χ3v) is 0.826. The van der Waals surface area contributed by atoms with Gasteiger partial charge < -0.3 is 32.6 Å². The van der Waals surface area contributed by atoms with E-state index in [1.165, 1.54) is 6.42 Å². The molecule has 0 rings (SSSR count). The van der Waals surface area contributed by atoms with Crippen LogP contribution < -0.4 is 0 Å². The van der Waals surface area contributed by atoms with E-state index in [0.717, 1.165) is 12.8 Å². The van der Waals surface area contributed by atoms with Gasteiger partial charge in [0.1, 0.15) is 0 Å². The molecule has 0 aromatic rings. The summed E-state index contributed by atoms with van der Waals surface area (Å²) in [5.41, 5.74) is 0. The molecule has 0 aliphatic carbocycles. The van der Waals surface area contributed by atoms with Crippen molar-refractivity contribution in [3.05, 3.63) is 19.8 Å². The molecule has 0 aromatic carbocycles. The summed E-state index contributed by atoms with van der Waals surface area (Å²) >= 11 is 0. The van der Waals surface area contributed by atoms with E-state index in [0.29, 0.717) is 0 Å². The summed E-state index contributed by atoms with van der Waals surface area (Å²) in [7, 11) is 0. The van der Waals surface area contributed by atoms with E-state index >= 15 is 0 Å². The van der Waals surface area contributed by atoms with Gasteiger partial charge in [0.05, 0.1) is 0 Å². The molecule has 0 N–H and O–H groups in total. The zero-order valence-corrected chi connectivity index (χ0v) is 15.2. The molecule has 0 amide bonds. The molecule has 0 aliphatic rings. The second kappa shape index (κ2) is 22.8. The second-order valence-electron chi connectivity index (χ2n) is 1.51. The number of hydrogen-bond acceptors (Lipinski definition) is 0. The van der Waals surface area contributed by atoms with Crippen molar-refractivity contribution in [3.8, 4) is 0 Å². The van der Waals surface area contributed by atoms with E-state index in [9.17, 15) is 0 Å². The van der Waals surface area contributed by atoms with Crippen molar-refractivity contribution in [1.29, 1.82) is 0 Å². The van der Waals surface area contributed by atoms with Crippen LogP contribution in [0.25, 0.3) is 0 Å². The summed E-state index contributed by atoms with van der Waals surface area (Å²) < 4.78 is 0. The molecule has 53 valence electrons. The summed E-state index contributed by atoms with van der Waals surface area (Å²) in [4.78, 5) is 0. The van der Waals surface area contributed by atoms with E-state index in [-0.39, 0.29) is 98.1 Å². The minimum Gasteiger partial charge on any atom is -0.386 e. The Kier molecular flexibility index (Phi) is 53.1. The van der Waals surface area contributed by atoms with Crippen LogP contribution >= 0.6 is 0 Å². The topological polar surface area (TPSA) is 0 Å². The Morgan fingerprint density at radius 1 is 1.10 bits per heavy atom. The molecule has 0 heterocycles. The van der Waals surface area contributed by atoms with Crippen LogP contribution in [0, 0.1) is 19.8 Å². The van der Waals surface area contributed by atoms with Gasteiger partial charge in [-0.15, -0.1) is 0 Å². The van der Waals surface area contributed by atoms with Gasteiger partial charge in [0.2, 0.25) is 0 Å². The average Bonchev–Trinajstić information content (AvgIpc) is 1.69. The van der Waals surface area contributed by atoms with Crippen molar-refractivity contribution in [3.63, 3.8) is 0 Å². The van der Waals surface area contributed by atoms with E-state index in [4.69, 9.17) is 0 Å². The molecule has 0 nitrogen and oxygen atoms in total. The Hall–Kier alpha value is 3.31. The molecule has 3 heteroatoms. The summed E-state index contributed by atoms with van der Waals surface area (Å²) in [6, 6.07) is 0. The largest absolute Gasteiger partial charge is 0.386 e. The Labute approximate surface area is 141 Å². The van der Waals surface area contributed by atoms with Gasteiger partial charge in [-0.05, 0) is 0 Å². The first-order valence-corrected chi connectivity index (χ1v) is 2.84. The van der Waals surface area contributed by atoms with Crippen LogP contribution in [0.3, 0.4) is 0 Å². The molecule has 0 saturated heterocycles. The van der Waals surface area contributed by atoms with Crippen molar-refractivity contribution < 1.29 is 98.1 Å². The van der Waals surface area contributed by atoms with Gasteiger partial charge in [-0.25, -0.2) is 0 Å². The monoisotopic (exact) mass is 364 g/mol. The van der Waals surface area contributed by atoms with Crippen LogP contribution in [0.15, 0.2) is 0 Å². The minimum atomic E-state index is 0. The Balaban J connectivity index is -0.0000000600. The standard InChI is InChI=1S/C7H13.3Y/c1-3-5-7-6-4-2;;;/h5-6H,1,3-4,7H2,2H3;;;/q-3;;;. The molecule has 0 aromatic heterocycles. The maximum absolute atomic E-state index is 3.68. The van der Waals surface area contributed by atoms with Gasteiger partial charge in [0, 0.05) is 98.1 Å². The molecule has 0 atom stereocenters. The molecule has 0 saturated carbocycles. The quantitative estimate of drug-likeness (QED) is 0.531. The summed E-state index contributed by atoms with van der Waals surface area (Å²) in [5, 5.41) is 0. The number of unbranched alkanes of at least 4 members (excludes halogenated alkanes) is 4. The van der Waals surface area contributed by atoms with Crippen LogP contribution in [-0.4, -0.2) is 0 Å². The van der Waals surface area contributed by atoms with Crippen molar-refractivity contribution in [2.75, 3.05) is 0 Å². The minimum absolute atomic E-state index is 0. The molecular weight excluding hydrogens is 351 g/mol. The Morgan fingerprint density at radius 3 is 1.90 bits per heavy atom. The van der Waals surface area contributed by atoms with Gasteiger partial charge in [-0.1, -0.05) is 6.92 Å². The van der Waals surface area contributed by atoms with E-state index < -0.39 is 0 Å². The first kappa shape index (κ1) is 23.3. The zero-order valence-electron chi connectivity index (χ0n) is 6.72. The van der Waals surface area contributed by atoms with Gasteiger partial charge in [0.25, 0.3) is 0 Å². The fourth-order valence-corrected chi connectivity index (χ4v) is 0.402. The van der Waals surface area contributed by atoms with Crippen LogP contribution in [0.4, 0.5) is 0 Å². The van der Waals surface area contributed by atoms with Gasteiger partial charge in [-0.2, -0.15) is 6.42 Å². The molecule has 0 bridgehead atoms. The fourth-order valence-electron chi connectivity index (χ4n) is 0.402. The van der Waals surface area contributed by atoms with Gasteiger partial charge >= 0.3 is 0 Å². The van der Waals surface area contributed by atoms with E-state index in [2.05, 4.69) is 26.7 Å². The Morgan fingerprint density at radius 2 is 1.60 bits per heavy atom. The summed E-state index contributed by atoms with van der Waals surface area (Å²) in [5.74, 6) is 0. The van der Waals surface area contributed by atoms with E-state index in [1.54, 1.807) is 0 Å². The van der Waals surface area contributed by atoms with Crippen molar-refractivity contribution in [2.45, 2.75) is 26.2 Å². The molecular formula is C7H13Y3-3. The van der Waals surface area contributed by atoms with Crippen molar-refractivity contribution in [2.24, 2.45) is 0 Å². The molecule has 0 fully saturated rings. The molecule has 0 aliphatic heterocycles. The smallest absolute Gasteiger partial charge is 0 e. The van der Waals surface area contributed by atoms with Crippen molar-refractivity contribution >= 4 is 0 Å². The second-order valence-corrected chi connectivity index (χ2v) is 1.51. The average molecular weight is 364 g/mol. The molecule has 3 radical (unpaired) electrons. The molecule has 10 heavy (non-hydrogen) atoms. The predicted octanol–water partition coefficient (Wildman–Crippen LogP) is 2.41. The fraction of sp³-hybridized carbons (Fsp3) is 0.571. The predicted molar refractivity (Wildman–Crippen MR) is 33.5 cm³/mol. The normalized spacial score (nSPS) is 6.60.